The zero-order chi connectivity index (χ0) is 94.3. The maximum Gasteiger partial charge on any atom is 0.410 e. The number of rotatable bonds is 20. The van der Waals surface area contributed by atoms with Crippen LogP contribution in [0.25, 0.3) is 83.3 Å². The summed E-state index contributed by atoms with van der Waals surface area (Å²) in [6, 6.07) is 51.7. The summed E-state index contributed by atoms with van der Waals surface area (Å²) in [5.74, 6) is 4.96. The van der Waals surface area contributed by atoms with E-state index >= 15 is 0 Å². The summed E-state index contributed by atoms with van der Waals surface area (Å²) in [6.07, 6.45) is 25.2. The second kappa shape index (κ2) is 41.2. The first-order chi connectivity index (χ1) is 65.1. The molecule has 15 aromatic rings. The lowest BCUT2D eigenvalue weighted by atomic mass is 10.0. The maximum absolute atomic E-state index is 13.4. The van der Waals surface area contributed by atoms with Gasteiger partial charge in [0.25, 0.3) is 6.47 Å². The van der Waals surface area contributed by atoms with Crippen molar-refractivity contribution in [1.82, 2.24) is 94.4 Å². The molecule has 35 nitrogen and oxygen atoms in total. The van der Waals surface area contributed by atoms with Gasteiger partial charge in [0.2, 0.25) is 18.0 Å². The number of halogens is 1. The first-order valence-corrected chi connectivity index (χ1v) is 44.3. The fourth-order valence-electron chi connectivity index (χ4n) is 18.2. The van der Waals surface area contributed by atoms with Crippen LogP contribution in [0.1, 0.15) is 116 Å². The zero-order valence-electron chi connectivity index (χ0n) is 76.0. The smallest absolute Gasteiger partial charge is 0.410 e. The molecule has 6 unspecified atom stereocenters. The molecule has 12 atom stereocenters. The van der Waals surface area contributed by atoms with Crippen molar-refractivity contribution in [3.63, 3.8) is 0 Å². The molecule has 714 valence electrons. The molecule has 0 spiro atoms. The first-order valence-electron chi connectivity index (χ1n) is 44.3. The predicted octanol–water partition coefficient (Wildman–Crippen LogP) is 14.2. The van der Waals surface area contributed by atoms with Gasteiger partial charge in [-0.25, -0.2) is 38.1 Å². The number of nitrogens with zero attached hydrogens (tertiary/aromatic N) is 21. The van der Waals surface area contributed by atoms with Crippen LogP contribution in [0, 0.1) is 69.5 Å². The van der Waals surface area contributed by atoms with Crippen LogP contribution in [0.2, 0.25) is 0 Å². The number of aromatic nitrogens is 15. The van der Waals surface area contributed by atoms with Crippen LogP contribution in [0.3, 0.4) is 0 Å². The summed E-state index contributed by atoms with van der Waals surface area (Å²) in [7, 11) is 5.64. The number of hydrogen-bond acceptors (Lipinski definition) is 25. The molecule has 3 aliphatic carbocycles. The molecule has 3 aromatic carbocycles. The highest BCUT2D eigenvalue weighted by Crippen LogP contribution is 2.50. The molecular weight excluding hydrogens is 1780 g/mol. The molecule has 15 heterocycles. The largest absolute Gasteiger partial charge is 0.444 e. The van der Waals surface area contributed by atoms with Crippen molar-refractivity contribution >= 4 is 76.9 Å². The first kappa shape index (κ1) is 98.8. The van der Waals surface area contributed by atoms with Crippen LogP contribution < -0.4 is 47.4 Å². The van der Waals surface area contributed by atoms with E-state index in [2.05, 4.69) is 109 Å². The number of carbonyl (C=O) groups excluding carboxylic acids is 5. The standard InChI is InChI=1S/C35H35N9O3.C30H27N9O.C22H20N8.C13H17NO4.3CH4.ClH/c1-35(2,3)47-34(46)41-30(21-8-6-5-7-9-21)33(45)40-31-27-19-43(20-28(27)31)29-11-10-22(14-37-29)26-12-23(25-16-38-42(4)17-25)18-44-32(26)24(13-36)15-39-44;1-37-14-22(13-34-37)20-9-23(29-21(10-31)12-35-39(29)15-20)19-7-8-26(33-11-19)38-16-24-25(17-38)28(24)36-30(40)27(32)18-5-3-2-4-6-18;1-28-9-16(8-26-28)14-4-17(22-15(5-23)7-27-30(22)10-14)13-2-3-20(25-6-13)29-11-18-19(12-29)21(18)24;1-13(2,3)18-12(16)14-11(17-9-15)10-7-5-4-6-8-10;;;;/h5-12,14-18,27-28,30-31H,19-20H2,1-4H3,(H,40,45)(H,41,46);2-9,11-15,24-25,27-28H,16-17,32H2,1H3,(H,36,40);2-4,6-10,18-19,21H,11-12,24H2,1H3;4-9,11H,1-3H3,(H,14,16);3*1H4;1H/t27-,28+,30?,31?;24-,25+,27?,28?;18-,19+,21?;;;;;. The van der Waals surface area contributed by atoms with Gasteiger partial charge in [-0.15, -0.1) is 12.4 Å². The number of hydrogen-bond donors (Lipinski definition) is 6. The molecule has 6 aliphatic rings. The Morgan fingerprint density at radius 1 is 0.417 bits per heavy atom. The van der Waals surface area contributed by atoms with Gasteiger partial charge >= 0.3 is 12.2 Å². The topological polar surface area (TPSA) is 438 Å². The Hall–Kier alpha value is -16.2. The number of nitriles is 3. The SMILES string of the molecule is C.C.C.CC(C)(C)OC(=O)NC(OC=O)c1ccccc1.Cl.Cn1cc(-c2cc(-c3ccc(N4C[C@@H]5C(N)[C@@H]5C4)nc3)c3c(C#N)cnn3c2)cn1.Cn1cc(-c2cc(-c3ccc(N4C[C@@H]5C(NC(=O)C(N)c6ccccc6)[C@@H]5C4)nc3)c3c(C#N)cnn3c2)cn1.Cn1cc(-c2cc(-c3ccc(N4C[C@@H]5C(NC(=O)C(NC(=O)OC(C)(C)C)c6ccccc6)[C@@H]5C4)nc3)c3c(C#N)cnn3c2)cn1. The Balaban J connectivity index is 0.000000153. The van der Waals surface area contributed by atoms with Crippen LogP contribution in [0.15, 0.2) is 239 Å². The van der Waals surface area contributed by atoms with Gasteiger partial charge in [-0.1, -0.05) is 113 Å². The number of anilines is 3. The Labute approximate surface area is 811 Å². The highest BCUT2D eigenvalue weighted by Gasteiger charge is 2.59. The third-order valence-corrected chi connectivity index (χ3v) is 25.2. The number of ether oxygens (including phenoxy) is 3. The lowest BCUT2D eigenvalue weighted by molar-refractivity contribution is -0.135. The molecule has 8 N–H and O–H groups in total. The Morgan fingerprint density at radius 2 is 0.748 bits per heavy atom. The minimum Gasteiger partial charge on any atom is -0.444 e. The molecule has 0 bridgehead atoms. The summed E-state index contributed by atoms with van der Waals surface area (Å²) in [5, 5.41) is 66.7. The van der Waals surface area contributed by atoms with Crippen LogP contribution in [-0.2, 0) is 49.7 Å². The van der Waals surface area contributed by atoms with Crippen molar-refractivity contribution in [2.24, 2.45) is 68.1 Å². The highest BCUT2D eigenvalue weighted by molar-refractivity contribution is 5.92. The van der Waals surface area contributed by atoms with E-state index in [0.717, 1.165) is 146 Å². The lowest BCUT2D eigenvalue weighted by Gasteiger charge is -2.25. The maximum atomic E-state index is 13.4. The summed E-state index contributed by atoms with van der Waals surface area (Å²) < 4.78 is 25.9. The fraction of sp³-hybridized carbons (Fsp3) is 0.311. The molecule has 21 rings (SSSR count). The molecule has 4 amide bonds. The monoisotopic (exact) mass is 1890 g/mol. The fourth-order valence-corrected chi connectivity index (χ4v) is 18.2. The second-order valence-corrected chi connectivity index (χ2v) is 36.6. The number of nitrogens with two attached hydrogens (primary N) is 2. The molecule has 3 saturated carbocycles. The van der Waals surface area contributed by atoms with E-state index in [9.17, 15) is 39.8 Å². The molecule has 6 fully saturated rings. The number of alkyl carbamates (subject to hydrolysis) is 2. The van der Waals surface area contributed by atoms with Crippen LogP contribution in [-0.4, -0.2) is 172 Å². The summed E-state index contributed by atoms with van der Waals surface area (Å²) in [5.41, 5.74) is 28.1. The number of aryl methyl sites for hydroxylation is 3. The molecule has 12 aromatic heterocycles. The van der Waals surface area contributed by atoms with Crippen molar-refractivity contribution < 1.29 is 38.2 Å². The zero-order valence-corrected chi connectivity index (χ0v) is 76.8. The van der Waals surface area contributed by atoms with Crippen molar-refractivity contribution in [1.29, 1.82) is 15.8 Å². The molecule has 139 heavy (non-hydrogen) atoms. The van der Waals surface area contributed by atoms with E-state index in [4.69, 9.17) is 40.6 Å². The molecule has 0 radical (unpaired) electrons. The molecular formula is C103H112ClN27O8. The Bertz CT molecular complexity index is 7030. The van der Waals surface area contributed by atoms with Gasteiger partial charge in [0, 0.05) is 230 Å². The van der Waals surface area contributed by atoms with Gasteiger partial charge in [0.1, 0.15) is 58.9 Å². The Kier molecular flexibility index (Phi) is 29.3. The normalized spacial score (nSPS) is 18.7. The van der Waals surface area contributed by atoms with Crippen molar-refractivity contribution in [3.8, 4) is 85.0 Å². The van der Waals surface area contributed by atoms with Gasteiger partial charge in [-0.2, -0.15) is 46.4 Å². The highest BCUT2D eigenvalue weighted by atomic mass is 35.5. The Morgan fingerprint density at radius 3 is 1.06 bits per heavy atom. The van der Waals surface area contributed by atoms with Gasteiger partial charge in [0.05, 0.1) is 70.4 Å². The van der Waals surface area contributed by atoms with E-state index < -0.39 is 41.7 Å². The number of piperidine rings is 3. The lowest BCUT2D eigenvalue weighted by Crippen LogP contribution is -2.44. The number of amides is 4. The van der Waals surface area contributed by atoms with E-state index in [1.165, 1.54) is 0 Å². The van der Waals surface area contributed by atoms with Crippen LogP contribution in [0.4, 0.5) is 27.0 Å². The number of benzene rings is 3. The molecule has 36 heteroatoms. The van der Waals surface area contributed by atoms with Gasteiger partial charge in [0.15, 0.2) is 0 Å². The van der Waals surface area contributed by atoms with E-state index in [1.807, 2.05) is 186 Å². The van der Waals surface area contributed by atoms with Crippen LogP contribution in [0.5, 0.6) is 0 Å². The second-order valence-electron chi connectivity index (χ2n) is 36.6. The summed E-state index contributed by atoms with van der Waals surface area (Å²) in [6.45, 7) is 16.1. The van der Waals surface area contributed by atoms with Gasteiger partial charge in [-0.05, 0) is 119 Å². The van der Waals surface area contributed by atoms with Crippen molar-refractivity contribution in [3.05, 3.63) is 272 Å². The van der Waals surface area contributed by atoms with Gasteiger partial charge in [-0.3, -0.25) is 33.7 Å². The molecule has 3 aliphatic heterocycles. The van der Waals surface area contributed by atoms with E-state index in [1.54, 1.807) is 118 Å². The number of fused-ring (bicyclic) bond motifs is 6. The number of carbonyl (C=O) groups is 5. The van der Waals surface area contributed by atoms with Crippen LogP contribution >= 0.6 is 12.4 Å². The predicted molar refractivity (Wildman–Crippen MR) is 531 cm³/mol. The van der Waals surface area contributed by atoms with Crippen molar-refractivity contribution in [2.75, 3.05) is 54.0 Å². The minimum atomic E-state index is -0.863. The average Bonchev–Trinajstić information content (AvgIpc) is 1.65. The molecule has 3 saturated heterocycles. The van der Waals surface area contributed by atoms with E-state index in [-0.39, 0.29) is 65.1 Å². The number of nitrogens with one attached hydrogen (secondary N) is 4. The summed E-state index contributed by atoms with van der Waals surface area (Å²) >= 11 is 0. The third-order valence-electron chi connectivity index (χ3n) is 25.2. The van der Waals surface area contributed by atoms with Crippen molar-refractivity contribution in [2.45, 2.75) is 111 Å². The van der Waals surface area contributed by atoms with E-state index in [0.29, 0.717) is 69.4 Å². The van der Waals surface area contributed by atoms with Gasteiger partial charge < -0.3 is 56.3 Å². The summed E-state index contributed by atoms with van der Waals surface area (Å²) in [4.78, 5) is 81.9. The third kappa shape index (κ3) is 21.6. The minimum absolute atomic E-state index is 0. The number of pyridine rings is 6. The quantitative estimate of drug-likeness (QED) is 0.0234. The average molecular weight is 1890 g/mol.